The SMILES string of the molecule is COc1cccc(CN(C)CC(=O)N[C@@H]2CCCC[C@H]2C)c1. The lowest BCUT2D eigenvalue weighted by atomic mass is 9.86. The zero-order valence-corrected chi connectivity index (χ0v) is 14.0. The Labute approximate surface area is 133 Å². The Kier molecular flexibility index (Phi) is 6.25. The number of carbonyl (C=O) groups excluding carboxylic acids is 1. The topological polar surface area (TPSA) is 41.6 Å². The van der Waals surface area contributed by atoms with Crippen molar-refractivity contribution in [3.8, 4) is 5.75 Å². The molecule has 0 spiro atoms. The first-order valence-corrected chi connectivity index (χ1v) is 8.19. The summed E-state index contributed by atoms with van der Waals surface area (Å²) in [5.41, 5.74) is 1.15. The maximum atomic E-state index is 12.2. The van der Waals surface area contributed by atoms with Gasteiger partial charge in [0.05, 0.1) is 13.7 Å². The first-order chi connectivity index (χ1) is 10.6. The highest BCUT2D eigenvalue weighted by Crippen LogP contribution is 2.23. The molecule has 2 rings (SSSR count). The number of nitrogens with one attached hydrogen (secondary N) is 1. The van der Waals surface area contributed by atoms with Gasteiger partial charge in [0.1, 0.15) is 5.75 Å². The summed E-state index contributed by atoms with van der Waals surface area (Å²) in [5, 5.41) is 3.20. The van der Waals surface area contributed by atoms with E-state index in [-0.39, 0.29) is 5.91 Å². The number of ether oxygens (including phenoxy) is 1. The van der Waals surface area contributed by atoms with Gasteiger partial charge in [-0.2, -0.15) is 0 Å². The zero-order chi connectivity index (χ0) is 15.9. The van der Waals surface area contributed by atoms with Crippen LogP contribution >= 0.6 is 0 Å². The van der Waals surface area contributed by atoms with Crippen molar-refractivity contribution >= 4 is 5.91 Å². The lowest BCUT2D eigenvalue weighted by Crippen LogP contribution is -2.44. The Bertz CT molecular complexity index is 490. The number of nitrogens with zero attached hydrogens (tertiary/aromatic N) is 1. The first kappa shape index (κ1) is 16.8. The van der Waals surface area contributed by atoms with Gasteiger partial charge in [0.25, 0.3) is 0 Å². The number of benzene rings is 1. The van der Waals surface area contributed by atoms with Crippen LogP contribution in [0.2, 0.25) is 0 Å². The molecule has 1 amide bonds. The molecule has 0 bridgehead atoms. The van der Waals surface area contributed by atoms with Crippen LogP contribution in [0.3, 0.4) is 0 Å². The van der Waals surface area contributed by atoms with Crippen LogP contribution in [0.1, 0.15) is 38.2 Å². The fourth-order valence-electron chi connectivity index (χ4n) is 3.17. The Balaban J connectivity index is 1.80. The third-order valence-electron chi connectivity index (χ3n) is 4.46. The summed E-state index contributed by atoms with van der Waals surface area (Å²) in [7, 11) is 3.64. The standard InChI is InChI=1S/C18H28N2O2/c1-14-7-4-5-10-17(14)19-18(21)13-20(2)12-15-8-6-9-16(11-15)22-3/h6,8-9,11,14,17H,4-5,7,10,12-13H2,1-3H3,(H,19,21)/t14-,17-/m1/s1. The molecule has 122 valence electrons. The van der Waals surface area contributed by atoms with Gasteiger partial charge in [0.15, 0.2) is 0 Å². The molecule has 1 saturated carbocycles. The van der Waals surface area contributed by atoms with Gasteiger partial charge >= 0.3 is 0 Å². The molecule has 4 heteroatoms. The minimum atomic E-state index is 0.129. The van der Waals surface area contributed by atoms with Gasteiger partial charge in [-0.25, -0.2) is 0 Å². The molecule has 1 aliphatic rings. The summed E-state index contributed by atoms with van der Waals surface area (Å²) >= 11 is 0. The van der Waals surface area contributed by atoms with Crippen LogP contribution in [0.5, 0.6) is 5.75 Å². The van der Waals surface area contributed by atoms with E-state index in [0.717, 1.165) is 24.3 Å². The molecule has 1 N–H and O–H groups in total. The van der Waals surface area contributed by atoms with Crippen LogP contribution in [0.4, 0.5) is 0 Å². The normalized spacial score (nSPS) is 21.6. The van der Waals surface area contributed by atoms with Gasteiger partial charge in [0, 0.05) is 12.6 Å². The number of carbonyl (C=O) groups is 1. The van der Waals surface area contributed by atoms with E-state index in [0.29, 0.717) is 18.5 Å². The minimum Gasteiger partial charge on any atom is -0.497 e. The fourth-order valence-corrected chi connectivity index (χ4v) is 3.17. The summed E-state index contributed by atoms with van der Waals surface area (Å²) in [4.78, 5) is 14.2. The molecule has 4 nitrogen and oxygen atoms in total. The second-order valence-electron chi connectivity index (χ2n) is 6.46. The second-order valence-corrected chi connectivity index (χ2v) is 6.46. The van der Waals surface area contributed by atoms with E-state index in [1.54, 1.807) is 7.11 Å². The molecule has 0 saturated heterocycles. The van der Waals surface area contributed by atoms with Crippen LogP contribution < -0.4 is 10.1 Å². The summed E-state index contributed by atoms with van der Waals surface area (Å²) in [6.07, 6.45) is 4.87. The zero-order valence-electron chi connectivity index (χ0n) is 14.0. The van der Waals surface area contributed by atoms with E-state index < -0.39 is 0 Å². The number of amides is 1. The van der Waals surface area contributed by atoms with E-state index in [1.807, 2.05) is 30.1 Å². The number of methoxy groups -OCH3 is 1. The van der Waals surface area contributed by atoms with Crippen molar-refractivity contribution in [3.05, 3.63) is 29.8 Å². The molecule has 1 aliphatic carbocycles. The number of rotatable bonds is 6. The third kappa shape index (κ3) is 5.02. The molecule has 1 aromatic rings. The lowest BCUT2D eigenvalue weighted by molar-refractivity contribution is -0.123. The predicted molar refractivity (Wildman–Crippen MR) is 88.9 cm³/mol. The molecule has 0 aromatic heterocycles. The van der Waals surface area contributed by atoms with Crippen LogP contribution in [0.25, 0.3) is 0 Å². The van der Waals surface area contributed by atoms with Crippen molar-refractivity contribution in [3.63, 3.8) is 0 Å². The van der Waals surface area contributed by atoms with Gasteiger partial charge < -0.3 is 10.1 Å². The van der Waals surface area contributed by atoms with Gasteiger partial charge in [0.2, 0.25) is 5.91 Å². The minimum absolute atomic E-state index is 0.129. The first-order valence-electron chi connectivity index (χ1n) is 8.19. The maximum absolute atomic E-state index is 12.2. The van der Waals surface area contributed by atoms with Crippen LogP contribution in [0, 0.1) is 5.92 Å². The van der Waals surface area contributed by atoms with Gasteiger partial charge in [-0.05, 0) is 43.5 Å². The van der Waals surface area contributed by atoms with Gasteiger partial charge in [-0.15, -0.1) is 0 Å². The average Bonchev–Trinajstić information content (AvgIpc) is 2.49. The van der Waals surface area contributed by atoms with Crippen molar-refractivity contribution in [2.75, 3.05) is 20.7 Å². The molecule has 0 aliphatic heterocycles. The summed E-state index contributed by atoms with van der Waals surface area (Å²) < 4.78 is 5.23. The molecular formula is C18H28N2O2. The van der Waals surface area contributed by atoms with Crippen molar-refractivity contribution in [1.82, 2.24) is 10.2 Å². The van der Waals surface area contributed by atoms with Crippen molar-refractivity contribution < 1.29 is 9.53 Å². The van der Waals surface area contributed by atoms with Gasteiger partial charge in [-0.1, -0.05) is 31.9 Å². The van der Waals surface area contributed by atoms with Crippen LogP contribution in [0.15, 0.2) is 24.3 Å². The molecular weight excluding hydrogens is 276 g/mol. The van der Waals surface area contributed by atoms with E-state index in [9.17, 15) is 4.79 Å². The molecule has 1 fully saturated rings. The fraction of sp³-hybridized carbons (Fsp3) is 0.611. The summed E-state index contributed by atoms with van der Waals surface area (Å²) in [6.45, 7) is 3.41. The summed E-state index contributed by atoms with van der Waals surface area (Å²) in [5.74, 6) is 1.58. The average molecular weight is 304 g/mol. The smallest absolute Gasteiger partial charge is 0.234 e. The second kappa shape index (κ2) is 8.18. The highest BCUT2D eigenvalue weighted by Gasteiger charge is 2.23. The molecule has 0 heterocycles. The Morgan fingerprint density at radius 1 is 1.36 bits per heavy atom. The Morgan fingerprint density at radius 2 is 2.14 bits per heavy atom. The Hall–Kier alpha value is -1.55. The summed E-state index contributed by atoms with van der Waals surface area (Å²) in [6, 6.07) is 8.33. The van der Waals surface area contributed by atoms with E-state index in [2.05, 4.69) is 18.3 Å². The Morgan fingerprint density at radius 3 is 2.86 bits per heavy atom. The third-order valence-corrected chi connectivity index (χ3v) is 4.46. The maximum Gasteiger partial charge on any atom is 0.234 e. The lowest BCUT2D eigenvalue weighted by Gasteiger charge is -2.30. The van der Waals surface area contributed by atoms with Crippen molar-refractivity contribution in [2.45, 2.75) is 45.2 Å². The highest BCUT2D eigenvalue weighted by atomic mass is 16.5. The van der Waals surface area contributed by atoms with E-state index in [1.165, 1.54) is 19.3 Å². The van der Waals surface area contributed by atoms with Crippen LogP contribution in [-0.4, -0.2) is 37.6 Å². The largest absolute Gasteiger partial charge is 0.497 e. The molecule has 1 aromatic carbocycles. The van der Waals surface area contributed by atoms with Gasteiger partial charge in [-0.3, -0.25) is 9.69 Å². The molecule has 0 unspecified atom stereocenters. The van der Waals surface area contributed by atoms with Crippen molar-refractivity contribution in [2.24, 2.45) is 5.92 Å². The molecule has 0 radical (unpaired) electrons. The highest BCUT2D eigenvalue weighted by molar-refractivity contribution is 5.78. The van der Waals surface area contributed by atoms with Crippen molar-refractivity contribution in [1.29, 1.82) is 0 Å². The van der Waals surface area contributed by atoms with E-state index in [4.69, 9.17) is 4.74 Å². The van der Waals surface area contributed by atoms with Crippen LogP contribution in [-0.2, 0) is 11.3 Å². The van der Waals surface area contributed by atoms with E-state index >= 15 is 0 Å². The number of likely N-dealkylation sites (N-methyl/N-ethyl adjacent to an activating group) is 1. The number of hydrogen-bond donors (Lipinski definition) is 1. The molecule has 2 atom stereocenters. The predicted octanol–water partition coefficient (Wildman–Crippen LogP) is 2.82. The number of hydrogen-bond acceptors (Lipinski definition) is 3. The molecule has 22 heavy (non-hydrogen) atoms. The quantitative estimate of drug-likeness (QED) is 0.878. The monoisotopic (exact) mass is 304 g/mol.